The highest BCUT2D eigenvalue weighted by Gasteiger charge is 2.21. The average Bonchev–Trinajstić information content (AvgIpc) is 2.29. The first-order valence-corrected chi connectivity index (χ1v) is 7.74. The van der Waals surface area contributed by atoms with Crippen LogP contribution >= 0.6 is 57.6 Å². The fourth-order valence-electron chi connectivity index (χ4n) is 1.64. The van der Waals surface area contributed by atoms with Gasteiger partial charge in [-0.05, 0) is 63.7 Å². The van der Waals surface area contributed by atoms with Crippen LogP contribution < -0.4 is 5.73 Å². The van der Waals surface area contributed by atoms with Gasteiger partial charge in [-0.15, -0.1) is 12.4 Å². The van der Waals surface area contributed by atoms with Crippen LogP contribution in [0.25, 0.3) is 0 Å². The Morgan fingerprint density at radius 3 is 2.50 bits per heavy atom. The molecule has 0 aliphatic heterocycles. The molecule has 2 atom stereocenters. The van der Waals surface area contributed by atoms with E-state index in [2.05, 4.69) is 52.1 Å². The largest absolute Gasteiger partial charge is 0.506 e. The van der Waals surface area contributed by atoms with Gasteiger partial charge in [-0.2, -0.15) is 0 Å². The number of halogens is 3. The van der Waals surface area contributed by atoms with Crippen LogP contribution in [-0.2, 0) is 0 Å². The summed E-state index contributed by atoms with van der Waals surface area (Å²) in [5, 5.41) is 19.9. The predicted octanol–water partition coefficient (Wildman–Crippen LogP) is 3.57. The van der Waals surface area contributed by atoms with E-state index < -0.39 is 12.1 Å². The van der Waals surface area contributed by atoms with Crippen LogP contribution in [0, 0.1) is 7.14 Å². The van der Waals surface area contributed by atoms with Crippen molar-refractivity contribution < 1.29 is 10.2 Å². The number of hydrogen-bond donors (Lipinski definition) is 3. The van der Waals surface area contributed by atoms with E-state index in [1.807, 2.05) is 12.1 Å². The third-order valence-corrected chi connectivity index (χ3v) is 4.13. The van der Waals surface area contributed by atoms with Crippen LogP contribution in [0.5, 0.6) is 5.75 Å². The Morgan fingerprint density at radius 2 is 1.94 bits per heavy atom. The van der Waals surface area contributed by atoms with Crippen molar-refractivity contribution >= 4 is 57.6 Å². The molecule has 0 spiro atoms. The van der Waals surface area contributed by atoms with Gasteiger partial charge in [0, 0.05) is 9.13 Å². The Kier molecular flexibility index (Phi) is 9.12. The number of phenols is 1. The van der Waals surface area contributed by atoms with Crippen LogP contribution in [-0.4, -0.2) is 16.3 Å². The van der Waals surface area contributed by atoms with Crippen molar-refractivity contribution in [3.8, 4) is 5.75 Å². The highest BCUT2D eigenvalue weighted by Crippen LogP contribution is 2.32. The van der Waals surface area contributed by atoms with Crippen molar-refractivity contribution in [2.75, 3.05) is 0 Å². The van der Waals surface area contributed by atoms with Gasteiger partial charge >= 0.3 is 0 Å². The van der Waals surface area contributed by atoms with Gasteiger partial charge in [0.2, 0.25) is 0 Å². The maximum Gasteiger partial charge on any atom is 0.133 e. The van der Waals surface area contributed by atoms with Crippen LogP contribution in [0.2, 0.25) is 0 Å². The molecule has 1 rings (SSSR count). The van der Waals surface area contributed by atoms with Gasteiger partial charge in [0.1, 0.15) is 5.75 Å². The topological polar surface area (TPSA) is 66.5 Å². The quantitative estimate of drug-likeness (QED) is 0.545. The number of rotatable bonds is 5. The molecule has 18 heavy (non-hydrogen) atoms. The predicted molar refractivity (Wildman–Crippen MR) is 93.2 cm³/mol. The van der Waals surface area contributed by atoms with Gasteiger partial charge in [0.05, 0.1) is 15.7 Å². The first-order chi connectivity index (χ1) is 7.97. The normalized spacial score (nSPS) is 13.8. The fourth-order valence-corrected chi connectivity index (χ4v) is 3.53. The molecule has 0 fully saturated rings. The number of aliphatic hydroxyl groups is 1. The van der Waals surface area contributed by atoms with E-state index in [9.17, 15) is 10.2 Å². The first-order valence-electron chi connectivity index (χ1n) is 5.59. The zero-order valence-corrected chi connectivity index (χ0v) is 15.2. The Bertz CT molecular complexity index is 391. The smallest absolute Gasteiger partial charge is 0.133 e. The summed E-state index contributed by atoms with van der Waals surface area (Å²) in [4.78, 5) is 0. The van der Waals surface area contributed by atoms with Crippen molar-refractivity contribution in [3.63, 3.8) is 0 Å². The lowest BCUT2D eigenvalue weighted by atomic mass is 9.98. The SMILES string of the molecule is CCCC[C@@H](O)[C@@H](N)c1cc(I)cc(I)c1O.Cl. The molecular formula is C12H18ClI2NO2. The number of hydrogen-bond acceptors (Lipinski definition) is 3. The minimum absolute atomic E-state index is 0. The molecule has 1 aromatic carbocycles. The molecular weight excluding hydrogens is 479 g/mol. The standard InChI is InChI=1S/C12H17I2NO2.ClH/c1-2-3-4-10(16)11(15)8-5-7(13)6-9(14)12(8)17;/h5-6,10-11,16-17H,2-4,15H2,1H3;1H/t10-,11+;/m1./s1. The van der Waals surface area contributed by atoms with E-state index in [1.54, 1.807) is 0 Å². The van der Waals surface area contributed by atoms with Gasteiger partial charge in [-0.3, -0.25) is 0 Å². The molecule has 104 valence electrons. The monoisotopic (exact) mass is 497 g/mol. The van der Waals surface area contributed by atoms with Crippen molar-refractivity contribution in [3.05, 3.63) is 24.8 Å². The molecule has 6 heteroatoms. The molecule has 0 heterocycles. The van der Waals surface area contributed by atoms with Crippen LogP contribution in [0.15, 0.2) is 12.1 Å². The van der Waals surface area contributed by atoms with Gasteiger partial charge in [-0.25, -0.2) is 0 Å². The maximum absolute atomic E-state index is 9.97. The molecule has 0 bridgehead atoms. The first kappa shape index (κ1) is 18.7. The minimum atomic E-state index is -0.602. The van der Waals surface area contributed by atoms with Crippen molar-refractivity contribution in [2.24, 2.45) is 5.73 Å². The molecule has 0 aromatic heterocycles. The number of aromatic hydroxyl groups is 1. The summed E-state index contributed by atoms with van der Waals surface area (Å²) in [6.07, 6.45) is 2.03. The third-order valence-electron chi connectivity index (χ3n) is 2.68. The van der Waals surface area contributed by atoms with Gasteiger partial charge in [0.15, 0.2) is 0 Å². The van der Waals surface area contributed by atoms with Crippen LogP contribution in [0.4, 0.5) is 0 Å². The van der Waals surface area contributed by atoms with E-state index in [0.29, 0.717) is 12.0 Å². The van der Waals surface area contributed by atoms with E-state index >= 15 is 0 Å². The summed E-state index contributed by atoms with van der Waals surface area (Å²) in [6, 6.07) is 3.19. The van der Waals surface area contributed by atoms with Gasteiger partial charge in [-0.1, -0.05) is 19.8 Å². The lowest BCUT2D eigenvalue weighted by Crippen LogP contribution is -2.26. The molecule has 0 amide bonds. The number of nitrogens with two attached hydrogens (primary N) is 1. The Balaban J connectivity index is 0.00000289. The van der Waals surface area contributed by atoms with E-state index in [-0.39, 0.29) is 18.2 Å². The number of aliphatic hydroxyl groups excluding tert-OH is 1. The average molecular weight is 498 g/mol. The third kappa shape index (κ3) is 4.99. The Morgan fingerprint density at radius 1 is 1.33 bits per heavy atom. The van der Waals surface area contributed by atoms with Gasteiger partial charge < -0.3 is 15.9 Å². The van der Waals surface area contributed by atoms with Crippen LogP contribution in [0.3, 0.4) is 0 Å². The minimum Gasteiger partial charge on any atom is -0.506 e. The second-order valence-corrected chi connectivity index (χ2v) is 6.47. The lowest BCUT2D eigenvalue weighted by molar-refractivity contribution is 0.131. The highest BCUT2D eigenvalue weighted by atomic mass is 127. The summed E-state index contributed by atoms with van der Waals surface area (Å²) < 4.78 is 1.78. The maximum atomic E-state index is 9.97. The fraction of sp³-hybridized carbons (Fsp3) is 0.500. The number of phenolic OH excluding ortho intramolecular Hbond substituents is 1. The zero-order valence-electron chi connectivity index (χ0n) is 10.1. The van der Waals surface area contributed by atoms with Gasteiger partial charge in [0.25, 0.3) is 0 Å². The lowest BCUT2D eigenvalue weighted by Gasteiger charge is -2.20. The van der Waals surface area contributed by atoms with Crippen molar-refractivity contribution in [1.29, 1.82) is 0 Å². The molecule has 0 aliphatic rings. The number of unbranched alkanes of at least 4 members (excludes halogenated alkanes) is 1. The molecule has 0 saturated heterocycles. The summed E-state index contributed by atoms with van der Waals surface area (Å²) in [7, 11) is 0. The van der Waals surface area contributed by atoms with Crippen LogP contribution in [0.1, 0.15) is 37.8 Å². The summed E-state index contributed by atoms with van der Waals surface area (Å²) in [5.41, 5.74) is 6.63. The van der Waals surface area contributed by atoms with E-state index in [4.69, 9.17) is 5.73 Å². The zero-order chi connectivity index (χ0) is 13.0. The highest BCUT2D eigenvalue weighted by molar-refractivity contribution is 14.1. The Hall–Kier alpha value is 0.690. The second-order valence-electron chi connectivity index (χ2n) is 4.06. The summed E-state index contributed by atoms with van der Waals surface area (Å²) in [5.74, 6) is 0.189. The Labute approximate surface area is 141 Å². The van der Waals surface area contributed by atoms with Crippen molar-refractivity contribution in [2.45, 2.75) is 38.3 Å². The molecule has 0 aliphatic carbocycles. The van der Waals surface area contributed by atoms with E-state index in [0.717, 1.165) is 20.0 Å². The molecule has 1 aromatic rings. The second kappa shape index (κ2) is 8.78. The molecule has 4 N–H and O–H groups in total. The number of benzene rings is 1. The molecule has 0 radical (unpaired) electrons. The molecule has 0 unspecified atom stereocenters. The summed E-state index contributed by atoms with van der Waals surface area (Å²) >= 11 is 4.25. The molecule has 0 saturated carbocycles. The molecule has 3 nitrogen and oxygen atoms in total. The van der Waals surface area contributed by atoms with Crippen molar-refractivity contribution in [1.82, 2.24) is 0 Å². The summed E-state index contributed by atoms with van der Waals surface area (Å²) in [6.45, 7) is 2.07. The van der Waals surface area contributed by atoms with E-state index in [1.165, 1.54) is 0 Å².